The van der Waals surface area contributed by atoms with Gasteiger partial charge in [-0.2, -0.15) is 0 Å². The lowest BCUT2D eigenvalue weighted by Gasteiger charge is -2.07. The lowest BCUT2D eigenvalue weighted by Crippen LogP contribution is -2.28. The molecule has 1 amide bonds. The summed E-state index contributed by atoms with van der Waals surface area (Å²) in [6, 6.07) is 8.09. The van der Waals surface area contributed by atoms with Gasteiger partial charge in [0.1, 0.15) is 0 Å². The third-order valence-electron chi connectivity index (χ3n) is 2.58. The van der Waals surface area contributed by atoms with Crippen LogP contribution in [0.2, 0.25) is 0 Å². The molecule has 0 saturated carbocycles. The minimum atomic E-state index is -3.49. The molecule has 0 aromatic heterocycles. The predicted octanol–water partition coefficient (Wildman–Crippen LogP) is 0.244. The van der Waals surface area contributed by atoms with Crippen LogP contribution in [0.25, 0.3) is 0 Å². The topological polar surface area (TPSA) is 95.5 Å². The second kappa shape index (κ2) is 8.68. The molecule has 0 heterocycles. The van der Waals surface area contributed by atoms with E-state index in [2.05, 4.69) is 10.0 Å². The van der Waals surface area contributed by atoms with Crippen molar-refractivity contribution in [1.29, 1.82) is 0 Å². The summed E-state index contributed by atoms with van der Waals surface area (Å²) < 4.78 is 26.1. The Kier molecular flexibility index (Phi) is 7.21. The summed E-state index contributed by atoms with van der Waals surface area (Å²) in [5.74, 6) is -0.141. The Labute approximate surface area is 119 Å². The Hall–Kier alpha value is -1.44. The number of carbonyl (C=O) groups is 1. The average molecular weight is 300 g/mol. The van der Waals surface area contributed by atoms with Crippen molar-refractivity contribution in [3.05, 3.63) is 30.3 Å². The number of benzene rings is 1. The minimum Gasteiger partial charge on any atom is -0.396 e. The molecule has 0 radical (unpaired) electrons. The molecule has 0 bridgehead atoms. The highest BCUT2D eigenvalue weighted by atomic mass is 32.2. The fraction of sp³-hybridized carbons (Fsp3) is 0.462. The maximum atomic E-state index is 11.8. The molecule has 3 N–H and O–H groups in total. The van der Waals surface area contributed by atoms with Crippen LogP contribution in [0.3, 0.4) is 0 Å². The normalized spacial score (nSPS) is 11.2. The highest BCUT2D eigenvalue weighted by Crippen LogP contribution is 2.06. The van der Waals surface area contributed by atoms with Gasteiger partial charge >= 0.3 is 0 Å². The molecular weight excluding hydrogens is 280 g/mol. The number of sulfonamides is 1. The van der Waals surface area contributed by atoms with Crippen molar-refractivity contribution in [2.45, 2.75) is 24.2 Å². The van der Waals surface area contributed by atoms with Crippen molar-refractivity contribution in [2.75, 3.05) is 19.7 Å². The number of hydrogen-bond acceptors (Lipinski definition) is 4. The summed E-state index contributed by atoms with van der Waals surface area (Å²) in [4.78, 5) is 11.6. The fourth-order valence-electron chi connectivity index (χ4n) is 1.53. The number of aliphatic hydroxyl groups is 1. The number of aliphatic hydroxyl groups excluding tert-OH is 1. The largest absolute Gasteiger partial charge is 0.396 e. The van der Waals surface area contributed by atoms with Crippen LogP contribution in [0.15, 0.2) is 35.2 Å². The van der Waals surface area contributed by atoms with Gasteiger partial charge in [0.15, 0.2) is 0 Å². The van der Waals surface area contributed by atoms with Gasteiger partial charge in [-0.1, -0.05) is 18.2 Å². The van der Waals surface area contributed by atoms with Crippen LogP contribution in [0, 0.1) is 0 Å². The molecule has 0 atom stereocenters. The molecule has 1 aromatic rings. The van der Waals surface area contributed by atoms with Gasteiger partial charge in [0, 0.05) is 26.1 Å². The highest BCUT2D eigenvalue weighted by molar-refractivity contribution is 7.89. The third-order valence-corrected chi connectivity index (χ3v) is 4.06. The summed E-state index contributed by atoms with van der Waals surface area (Å²) in [5, 5.41) is 11.2. The molecule has 0 aliphatic carbocycles. The van der Waals surface area contributed by atoms with Gasteiger partial charge in [-0.25, -0.2) is 13.1 Å². The quantitative estimate of drug-likeness (QED) is 0.569. The first kappa shape index (κ1) is 16.6. The molecule has 0 aliphatic rings. The molecule has 0 unspecified atom stereocenters. The summed E-state index contributed by atoms with van der Waals surface area (Å²) in [6.45, 7) is 0.687. The van der Waals surface area contributed by atoms with E-state index >= 15 is 0 Å². The molecular formula is C13H20N2O4S. The molecule has 20 heavy (non-hydrogen) atoms. The molecule has 1 rings (SSSR count). The molecule has 6 nitrogen and oxygen atoms in total. The maximum absolute atomic E-state index is 11.8. The van der Waals surface area contributed by atoms with Crippen LogP contribution in [-0.4, -0.2) is 39.1 Å². The molecule has 0 saturated heterocycles. The van der Waals surface area contributed by atoms with Gasteiger partial charge in [0.2, 0.25) is 15.9 Å². The van der Waals surface area contributed by atoms with Crippen molar-refractivity contribution < 1.29 is 18.3 Å². The predicted molar refractivity (Wildman–Crippen MR) is 75.6 cm³/mol. The monoisotopic (exact) mass is 300 g/mol. The Balaban J connectivity index is 2.26. The minimum absolute atomic E-state index is 0.0388. The second-order valence-electron chi connectivity index (χ2n) is 4.24. The Morgan fingerprint density at radius 3 is 2.45 bits per heavy atom. The van der Waals surface area contributed by atoms with Crippen LogP contribution in [0.5, 0.6) is 0 Å². The summed E-state index contributed by atoms with van der Waals surface area (Å²) >= 11 is 0. The average Bonchev–Trinajstić information content (AvgIpc) is 2.45. The van der Waals surface area contributed by atoms with E-state index in [4.69, 9.17) is 5.11 Å². The number of rotatable bonds is 9. The van der Waals surface area contributed by atoms with Crippen LogP contribution in [0.4, 0.5) is 0 Å². The molecule has 1 aromatic carbocycles. The number of hydrogen-bond donors (Lipinski definition) is 3. The van der Waals surface area contributed by atoms with Crippen molar-refractivity contribution in [1.82, 2.24) is 10.0 Å². The van der Waals surface area contributed by atoms with Crippen molar-refractivity contribution in [2.24, 2.45) is 0 Å². The van der Waals surface area contributed by atoms with E-state index in [1.165, 1.54) is 12.1 Å². The van der Waals surface area contributed by atoms with Gasteiger partial charge in [0.05, 0.1) is 4.90 Å². The van der Waals surface area contributed by atoms with Gasteiger partial charge in [-0.05, 0) is 25.0 Å². The Morgan fingerprint density at radius 2 is 1.80 bits per heavy atom. The van der Waals surface area contributed by atoms with Crippen molar-refractivity contribution in [3.63, 3.8) is 0 Å². The number of amides is 1. The molecule has 0 spiro atoms. The SMILES string of the molecule is O=C(CCCNS(=O)(=O)c1ccccc1)NCCCO. The van der Waals surface area contributed by atoms with E-state index in [0.29, 0.717) is 19.4 Å². The number of nitrogens with one attached hydrogen (secondary N) is 2. The molecule has 0 aliphatic heterocycles. The van der Waals surface area contributed by atoms with Gasteiger partial charge < -0.3 is 10.4 Å². The zero-order valence-corrected chi connectivity index (χ0v) is 12.0. The van der Waals surface area contributed by atoms with E-state index in [-0.39, 0.29) is 30.4 Å². The maximum Gasteiger partial charge on any atom is 0.240 e. The molecule has 112 valence electrons. The lowest BCUT2D eigenvalue weighted by molar-refractivity contribution is -0.121. The van der Waals surface area contributed by atoms with Crippen LogP contribution >= 0.6 is 0 Å². The van der Waals surface area contributed by atoms with Gasteiger partial charge in [0.25, 0.3) is 0 Å². The first-order valence-electron chi connectivity index (χ1n) is 6.48. The standard InChI is InChI=1S/C13H20N2O4S/c16-11-5-9-14-13(17)8-4-10-15-20(18,19)12-6-2-1-3-7-12/h1-3,6-7,15-16H,4-5,8-11H2,(H,14,17). The first-order valence-corrected chi connectivity index (χ1v) is 7.97. The van der Waals surface area contributed by atoms with Crippen molar-refractivity contribution >= 4 is 15.9 Å². The van der Waals surface area contributed by atoms with E-state index in [1.807, 2.05) is 0 Å². The van der Waals surface area contributed by atoms with E-state index in [1.54, 1.807) is 18.2 Å². The van der Waals surface area contributed by atoms with Crippen LogP contribution < -0.4 is 10.0 Å². The molecule has 7 heteroatoms. The van der Waals surface area contributed by atoms with Crippen molar-refractivity contribution in [3.8, 4) is 0 Å². The van der Waals surface area contributed by atoms with Gasteiger partial charge in [-0.3, -0.25) is 4.79 Å². The zero-order valence-electron chi connectivity index (χ0n) is 11.2. The Morgan fingerprint density at radius 1 is 1.10 bits per heavy atom. The zero-order chi connectivity index (χ0) is 14.8. The second-order valence-corrected chi connectivity index (χ2v) is 6.01. The molecule has 0 fully saturated rings. The lowest BCUT2D eigenvalue weighted by atomic mass is 10.3. The summed E-state index contributed by atoms with van der Waals surface area (Å²) in [7, 11) is -3.49. The van der Waals surface area contributed by atoms with E-state index < -0.39 is 10.0 Å². The van der Waals surface area contributed by atoms with E-state index in [9.17, 15) is 13.2 Å². The number of carbonyl (C=O) groups excluding carboxylic acids is 1. The van der Waals surface area contributed by atoms with E-state index in [0.717, 1.165) is 0 Å². The third kappa shape index (κ3) is 6.14. The Bertz CT molecular complexity index is 502. The van der Waals surface area contributed by atoms with Crippen LogP contribution in [0.1, 0.15) is 19.3 Å². The summed E-state index contributed by atoms with van der Waals surface area (Å²) in [6.07, 6.45) is 1.20. The smallest absolute Gasteiger partial charge is 0.240 e. The van der Waals surface area contributed by atoms with Gasteiger partial charge in [-0.15, -0.1) is 0 Å². The first-order chi connectivity index (χ1) is 9.56. The van der Waals surface area contributed by atoms with Crippen LogP contribution in [-0.2, 0) is 14.8 Å². The summed E-state index contributed by atoms with van der Waals surface area (Å²) in [5.41, 5.74) is 0. The highest BCUT2D eigenvalue weighted by Gasteiger charge is 2.12. The fourth-order valence-corrected chi connectivity index (χ4v) is 2.63.